The number of thiophene rings is 1. The number of nitrogens with two attached hydrogens (primary N) is 1. The summed E-state index contributed by atoms with van der Waals surface area (Å²) in [6.07, 6.45) is 0. The van der Waals surface area contributed by atoms with Crippen molar-refractivity contribution in [2.24, 2.45) is 5.14 Å². The summed E-state index contributed by atoms with van der Waals surface area (Å²) in [5.41, 5.74) is 0. The first-order valence-electron chi connectivity index (χ1n) is 6.15. The first-order chi connectivity index (χ1) is 10.8. The van der Waals surface area contributed by atoms with Gasteiger partial charge in [-0.25, -0.2) is 18.4 Å². The van der Waals surface area contributed by atoms with Crippen molar-refractivity contribution in [3.8, 4) is 5.75 Å². The van der Waals surface area contributed by atoms with Gasteiger partial charge < -0.3 is 9.47 Å². The van der Waals surface area contributed by atoms with Crippen molar-refractivity contribution in [3.05, 3.63) is 43.5 Å². The molecular formula is C13H11Br2NO5S2. The summed E-state index contributed by atoms with van der Waals surface area (Å²) in [6, 6.07) is 7.32. The Morgan fingerprint density at radius 1 is 1.17 bits per heavy atom. The molecule has 1 heterocycles. The van der Waals surface area contributed by atoms with Crippen molar-refractivity contribution in [3.63, 3.8) is 0 Å². The highest BCUT2D eigenvalue weighted by molar-refractivity contribution is 9.13. The molecule has 0 bridgehead atoms. The van der Waals surface area contributed by atoms with Crippen LogP contribution in [0.2, 0.25) is 0 Å². The van der Waals surface area contributed by atoms with Crippen LogP contribution in [0.25, 0.3) is 0 Å². The first kappa shape index (κ1) is 18.4. The maximum absolute atomic E-state index is 11.8. The van der Waals surface area contributed by atoms with Crippen molar-refractivity contribution < 1.29 is 22.7 Å². The first-order valence-corrected chi connectivity index (χ1v) is 10.1. The summed E-state index contributed by atoms with van der Waals surface area (Å²) in [4.78, 5) is 12.3. The standard InChI is InChI=1S/C13H11Br2NO5S2/c14-10-7-11(22-12(10)15)13(17)21-6-5-20-8-1-3-9(4-2-8)23(16,18)19/h1-4,7H,5-6H2,(H2,16,18,19). The third-order valence-electron chi connectivity index (χ3n) is 2.58. The molecule has 2 rings (SSSR count). The van der Waals surface area contributed by atoms with Crippen LogP contribution in [-0.4, -0.2) is 27.6 Å². The number of hydrogen-bond acceptors (Lipinski definition) is 6. The molecule has 0 atom stereocenters. The summed E-state index contributed by atoms with van der Waals surface area (Å²) >= 11 is 7.87. The molecule has 0 aliphatic carbocycles. The van der Waals surface area contributed by atoms with Crippen LogP contribution < -0.4 is 9.88 Å². The number of primary sulfonamides is 1. The van der Waals surface area contributed by atoms with Crippen molar-refractivity contribution in [1.82, 2.24) is 0 Å². The number of halogens is 2. The Kier molecular flexibility index (Phi) is 6.20. The number of hydrogen-bond donors (Lipinski definition) is 1. The molecule has 0 radical (unpaired) electrons. The van der Waals surface area contributed by atoms with Gasteiger partial charge in [-0.15, -0.1) is 11.3 Å². The number of ether oxygens (including phenoxy) is 2. The zero-order chi connectivity index (χ0) is 17.0. The summed E-state index contributed by atoms with van der Waals surface area (Å²) in [6.45, 7) is 0.219. The predicted octanol–water partition coefficient (Wildman–Crippen LogP) is 3.16. The lowest BCUT2D eigenvalue weighted by Gasteiger charge is -2.07. The minimum absolute atomic E-state index is 0.00475. The predicted molar refractivity (Wildman–Crippen MR) is 93.3 cm³/mol. The third kappa shape index (κ3) is 5.28. The van der Waals surface area contributed by atoms with E-state index in [0.29, 0.717) is 10.6 Å². The number of carbonyl (C=O) groups is 1. The van der Waals surface area contributed by atoms with Gasteiger partial charge in [0.25, 0.3) is 0 Å². The minimum atomic E-state index is -3.72. The highest BCUT2D eigenvalue weighted by atomic mass is 79.9. The van der Waals surface area contributed by atoms with Crippen molar-refractivity contribution in [1.29, 1.82) is 0 Å². The van der Waals surface area contributed by atoms with Crippen molar-refractivity contribution in [2.45, 2.75) is 4.90 Å². The Balaban J connectivity index is 1.80. The topological polar surface area (TPSA) is 95.7 Å². The lowest BCUT2D eigenvalue weighted by atomic mass is 10.3. The average molecular weight is 485 g/mol. The Morgan fingerprint density at radius 2 is 1.83 bits per heavy atom. The van der Waals surface area contributed by atoms with Gasteiger partial charge in [0.15, 0.2) is 0 Å². The molecule has 2 aromatic rings. The molecule has 0 spiro atoms. The van der Waals surface area contributed by atoms with Crippen LogP contribution in [0, 0.1) is 0 Å². The zero-order valence-electron chi connectivity index (χ0n) is 11.5. The minimum Gasteiger partial charge on any atom is -0.490 e. The molecule has 0 fully saturated rings. The summed E-state index contributed by atoms with van der Waals surface area (Å²) in [5, 5.41) is 5.00. The van der Waals surface area contributed by atoms with E-state index in [1.165, 1.54) is 35.6 Å². The van der Waals surface area contributed by atoms with Crippen LogP contribution in [0.1, 0.15) is 9.67 Å². The normalized spacial score (nSPS) is 11.3. The molecule has 2 N–H and O–H groups in total. The summed E-state index contributed by atoms with van der Waals surface area (Å²) in [5.74, 6) is 0.0182. The SMILES string of the molecule is NS(=O)(=O)c1ccc(OCCOC(=O)c2cc(Br)c(Br)s2)cc1. The summed E-state index contributed by atoms with van der Waals surface area (Å²) in [7, 11) is -3.72. The maximum Gasteiger partial charge on any atom is 0.348 e. The van der Waals surface area contributed by atoms with E-state index in [9.17, 15) is 13.2 Å². The lowest BCUT2D eigenvalue weighted by molar-refractivity contribution is 0.0456. The average Bonchev–Trinajstić information content (AvgIpc) is 2.83. The molecule has 1 aromatic carbocycles. The largest absolute Gasteiger partial charge is 0.490 e. The van der Waals surface area contributed by atoms with E-state index in [-0.39, 0.29) is 18.1 Å². The Labute approximate surface area is 153 Å². The summed E-state index contributed by atoms with van der Waals surface area (Å²) < 4.78 is 34.3. The van der Waals surface area contributed by atoms with Crippen LogP contribution in [0.3, 0.4) is 0 Å². The lowest BCUT2D eigenvalue weighted by Crippen LogP contribution is -2.13. The van der Waals surface area contributed by atoms with E-state index in [4.69, 9.17) is 14.6 Å². The van der Waals surface area contributed by atoms with Crippen molar-refractivity contribution in [2.75, 3.05) is 13.2 Å². The molecule has 23 heavy (non-hydrogen) atoms. The molecule has 6 nitrogen and oxygen atoms in total. The van der Waals surface area contributed by atoms with Gasteiger partial charge in [0.2, 0.25) is 10.0 Å². The molecule has 124 valence electrons. The van der Waals surface area contributed by atoms with Crippen LogP contribution in [0.4, 0.5) is 0 Å². The third-order valence-corrected chi connectivity index (χ3v) is 6.75. The van der Waals surface area contributed by atoms with Crippen LogP contribution in [0.15, 0.2) is 43.5 Å². The second kappa shape index (κ2) is 7.75. The maximum atomic E-state index is 11.8. The van der Waals surface area contributed by atoms with Crippen LogP contribution in [0.5, 0.6) is 5.75 Å². The zero-order valence-corrected chi connectivity index (χ0v) is 16.3. The molecule has 0 saturated carbocycles. The number of esters is 1. The quantitative estimate of drug-likeness (QED) is 0.501. The van der Waals surface area contributed by atoms with E-state index >= 15 is 0 Å². The van der Waals surface area contributed by atoms with Gasteiger partial charge in [-0.3, -0.25) is 0 Å². The molecule has 0 amide bonds. The van der Waals surface area contributed by atoms with Crippen LogP contribution >= 0.6 is 43.2 Å². The van der Waals surface area contributed by atoms with Gasteiger partial charge in [-0.2, -0.15) is 0 Å². The smallest absolute Gasteiger partial charge is 0.348 e. The van der Waals surface area contributed by atoms with E-state index in [2.05, 4.69) is 31.9 Å². The number of carbonyl (C=O) groups excluding carboxylic acids is 1. The molecule has 0 aliphatic heterocycles. The fourth-order valence-electron chi connectivity index (χ4n) is 1.54. The molecule has 10 heteroatoms. The van der Waals surface area contributed by atoms with Crippen LogP contribution in [-0.2, 0) is 14.8 Å². The van der Waals surface area contributed by atoms with E-state index in [1.54, 1.807) is 6.07 Å². The Hall–Kier alpha value is -0.940. The number of sulfonamides is 1. The van der Waals surface area contributed by atoms with E-state index in [1.807, 2.05) is 0 Å². The molecule has 0 saturated heterocycles. The van der Waals surface area contributed by atoms with Gasteiger partial charge in [-0.1, -0.05) is 0 Å². The fourth-order valence-corrected chi connectivity index (χ4v) is 3.98. The Morgan fingerprint density at radius 3 is 2.35 bits per heavy atom. The van der Waals surface area contributed by atoms with Gasteiger partial charge >= 0.3 is 5.97 Å². The molecule has 0 aliphatic rings. The number of rotatable bonds is 6. The fraction of sp³-hybridized carbons (Fsp3) is 0.154. The van der Waals surface area contributed by atoms with Gasteiger partial charge in [0.05, 0.1) is 8.68 Å². The van der Waals surface area contributed by atoms with E-state index in [0.717, 1.165) is 8.26 Å². The highest BCUT2D eigenvalue weighted by Gasteiger charge is 2.13. The Bertz CT molecular complexity index is 783. The number of benzene rings is 1. The molecule has 1 aromatic heterocycles. The second-order valence-corrected chi connectivity index (χ2v) is 9.02. The highest BCUT2D eigenvalue weighted by Crippen LogP contribution is 2.32. The van der Waals surface area contributed by atoms with Gasteiger partial charge in [0.1, 0.15) is 23.8 Å². The monoisotopic (exact) mass is 483 g/mol. The molecule has 0 unspecified atom stereocenters. The van der Waals surface area contributed by atoms with Crippen molar-refractivity contribution >= 4 is 59.2 Å². The van der Waals surface area contributed by atoms with Gasteiger partial charge in [-0.05, 0) is 62.2 Å². The van der Waals surface area contributed by atoms with Gasteiger partial charge in [0, 0.05) is 4.47 Å². The van der Waals surface area contributed by atoms with E-state index < -0.39 is 16.0 Å². The second-order valence-electron chi connectivity index (χ2n) is 4.23. The molecular weight excluding hydrogens is 474 g/mol.